The summed E-state index contributed by atoms with van der Waals surface area (Å²) in [7, 11) is 2.13. The van der Waals surface area contributed by atoms with E-state index in [4.69, 9.17) is 0 Å². The van der Waals surface area contributed by atoms with Gasteiger partial charge in [-0.3, -0.25) is 4.68 Å². The molecule has 3 heterocycles. The molecule has 96 valence electrons. The molecule has 0 radical (unpaired) electrons. The van der Waals surface area contributed by atoms with Crippen LogP contribution in [0.4, 0.5) is 0 Å². The van der Waals surface area contributed by atoms with Crippen LogP contribution in [0.25, 0.3) is 0 Å². The van der Waals surface area contributed by atoms with Crippen molar-refractivity contribution in [1.82, 2.24) is 18.7 Å². The maximum atomic E-state index is 4.31. The lowest BCUT2D eigenvalue weighted by Crippen LogP contribution is -2.28. The quantitative estimate of drug-likeness (QED) is 0.777. The monoisotopic (exact) mass is 262 g/mol. The van der Waals surface area contributed by atoms with Crippen LogP contribution in [0.2, 0.25) is 0 Å². The van der Waals surface area contributed by atoms with Crippen molar-refractivity contribution in [3.63, 3.8) is 0 Å². The second kappa shape index (κ2) is 4.48. The summed E-state index contributed by atoms with van der Waals surface area (Å²) in [5.41, 5.74) is 3.97. The molecule has 3 rings (SSSR count). The van der Waals surface area contributed by atoms with E-state index in [1.807, 2.05) is 18.1 Å². The number of nitrogens with zero attached hydrogens (tertiary/aromatic N) is 4. The normalized spacial score (nSPS) is 15.9. The maximum Gasteiger partial charge on any atom is 0.0549 e. The molecule has 0 amide bonds. The van der Waals surface area contributed by atoms with Crippen LogP contribution < -0.4 is 0 Å². The van der Waals surface area contributed by atoms with E-state index in [0.717, 1.165) is 19.6 Å². The van der Waals surface area contributed by atoms with Gasteiger partial charge < -0.3 is 4.57 Å². The molecule has 4 nitrogen and oxygen atoms in total. The SMILES string of the molecule is Cc1cc(SN2CCn3nccc3C2)c(C)n1C. The molecule has 1 aliphatic heterocycles. The Hall–Kier alpha value is -1.20. The Balaban J connectivity index is 1.76. The Morgan fingerprint density at radius 1 is 1.28 bits per heavy atom. The Morgan fingerprint density at radius 3 is 2.83 bits per heavy atom. The molecule has 0 spiro atoms. The third kappa shape index (κ3) is 1.97. The molecule has 0 atom stereocenters. The van der Waals surface area contributed by atoms with E-state index in [1.165, 1.54) is 22.0 Å². The number of fused-ring (bicyclic) bond motifs is 1. The van der Waals surface area contributed by atoms with Crippen molar-refractivity contribution in [3.05, 3.63) is 35.4 Å². The van der Waals surface area contributed by atoms with Gasteiger partial charge in [-0.2, -0.15) is 5.10 Å². The van der Waals surface area contributed by atoms with Crippen LogP contribution in [-0.4, -0.2) is 25.2 Å². The zero-order valence-corrected chi connectivity index (χ0v) is 11.9. The molecule has 1 aliphatic rings. The summed E-state index contributed by atoms with van der Waals surface area (Å²) in [5.74, 6) is 0. The van der Waals surface area contributed by atoms with Crippen molar-refractivity contribution in [2.45, 2.75) is 31.8 Å². The lowest BCUT2D eigenvalue weighted by atomic mass is 10.3. The van der Waals surface area contributed by atoms with Crippen molar-refractivity contribution < 1.29 is 0 Å². The van der Waals surface area contributed by atoms with Crippen molar-refractivity contribution in [1.29, 1.82) is 0 Å². The summed E-state index contributed by atoms with van der Waals surface area (Å²) in [5, 5.41) is 4.31. The summed E-state index contributed by atoms with van der Waals surface area (Å²) in [6.07, 6.45) is 1.89. The van der Waals surface area contributed by atoms with E-state index in [0.29, 0.717) is 0 Å². The van der Waals surface area contributed by atoms with Gasteiger partial charge in [-0.25, -0.2) is 4.31 Å². The minimum atomic E-state index is 0.970. The fourth-order valence-corrected chi connectivity index (χ4v) is 3.43. The van der Waals surface area contributed by atoms with Crippen LogP contribution in [0.5, 0.6) is 0 Å². The van der Waals surface area contributed by atoms with E-state index in [9.17, 15) is 0 Å². The van der Waals surface area contributed by atoms with E-state index < -0.39 is 0 Å². The maximum absolute atomic E-state index is 4.31. The number of aryl methyl sites for hydroxylation is 1. The third-order valence-corrected chi connectivity index (χ3v) is 4.84. The molecular formula is C13H18N4S. The number of rotatable bonds is 2. The molecular weight excluding hydrogens is 244 g/mol. The predicted octanol–water partition coefficient (Wildman–Crippen LogP) is 2.36. The van der Waals surface area contributed by atoms with Gasteiger partial charge >= 0.3 is 0 Å². The van der Waals surface area contributed by atoms with Crippen LogP contribution in [0, 0.1) is 13.8 Å². The summed E-state index contributed by atoms with van der Waals surface area (Å²) < 4.78 is 6.76. The summed E-state index contributed by atoms with van der Waals surface area (Å²) in [4.78, 5) is 1.36. The van der Waals surface area contributed by atoms with Gasteiger partial charge in [-0.05, 0) is 37.9 Å². The van der Waals surface area contributed by atoms with Crippen LogP contribution in [0.15, 0.2) is 23.2 Å². The standard InChI is InChI=1S/C13H18N4S/c1-10-8-13(11(2)15(10)3)18-16-6-7-17-12(9-16)4-5-14-17/h4-5,8H,6-7,9H2,1-3H3. The highest BCUT2D eigenvalue weighted by molar-refractivity contribution is 7.97. The zero-order valence-electron chi connectivity index (χ0n) is 11.1. The number of hydrogen-bond donors (Lipinski definition) is 0. The number of hydrogen-bond acceptors (Lipinski definition) is 3. The third-order valence-electron chi connectivity index (χ3n) is 3.66. The van der Waals surface area contributed by atoms with Crippen LogP contribution in [-0.2, 0) is 20.1 Å². The van der Waals surface area contributed by atoms with Gasteiger partial charge in [0, 0.05) is 36.1 Å². The van der Waals surface area contributed by atoms with Gasteiger partial charge in [0.15, 0.2) is 0 Å². The summed E-state index contributed by atoms with van der Waals surface area (Å²) >= 11 is 1.86. The first-order valence-electron chi connectivity index (χ1n) is 6.21. The van der Waals surface area contributed by atoms with E-state index in [-0.39, 0.29) is 0 Å². The van der Waals surface area contributed by atoms with Gasteiger partial charge in [-0.1, -0.05) is 0 Å². The molecule has 0 fully saturated rings. The van der Waals surface area contributed by atoms with E-state index >= 15 is 0 Å². The second-order valence-corrected chi connectivity index (χ2v) is 5.93. The average molecular weight is 262 g/mol. The Labute approximate surface area is 112 Å². The Bertz CT molecular complexity index is 570. The summed E-state index contributed by atoms with van der Waals surface area (Å²) in [6, 6.07) is 4.38. The first-order chi connectivity index (χ1) is 8.65. The molecule has 0 aromatic carbocycles. The van der Waals surface area contributed by atoms with Crippen LogP contribution in [0.3, 0.4) is 0 Å². The smallest absolute Gasteiger partial charge is 0.0549 e. The fourth-order valence-electron chi connectivity index (χ4n) is 2.29. The topological polar surface area (TPSA) is 26.0 Å². The fraction of sp³-hybridized carbons (Fsp3) is 0.462. The largest absolute Gasteiger partial charge is 0.351 e. The molecule has 0 saturated heterocycles. The van der Waals surface area contributed by atoms with Gasteiger partial charge in [0.1, 0.15) is 0 Å². The lowest BCUT2D eigenvalue weighted by molar-refractivity contribution is 0.356. The van der Waals surface area contributed by atoms with Crippen molar-refractivity contribution in [2.24, 2.45) is 7.05 Å². The minimum absolute atomic E-state index is 0.970. The van der Waals surface area contributed by atoms with Gasteiger partial charge in [0.25, 0.3) is 0 Å². The van der Waals surface area contributed by atoms with Crippen molar-refractivity contribution in [3.8, 4) is 0 Å². The van der Waals surface area contributed by atoms with Gasteiger partial charge in [0.05, 0.1) is 18.8 Å². The predicted molar refractivity (Wildman–Crippen MR) is 73.4 cm³/mol. The molecule has 18 heavy (non-hydrogen) atoms. The first-order valence-corrected chi connectivity index (χ1v) is 6.99. The van der Waals surface area contributed by atoms with Crippen molar-refractivity contribution >= 4 is 11.9 Å². The molecule has 0 bridgehead atoms. The van der Waals surface area contributed by atoms with Crippen LogP contribution >= 0.6 is 11.9 Å². The Kier molecular flexibility index (Phi) is 2.95. The Morgan fingerprint density at radius 2 is 2.11 bits per heavy atom. The first kappa shape index (κ1) is 11.9. The molecule has 2 aromatic rings. The van der Waals surface area contributed by atoms with Gasteiger partial charge in [0.2, 0.25) is 0 Å². The van der Waals surface area contributed by atoms with E-state index in [1.54, 1.807) is 0 Å². The zero-order chi connectivity index (χ0) is 12.7. The molecule has 0 saturated carbocycles. The van der Waals surface area contributed by atoms with E-state index in [2.05, 4.69) is 51.7 Å². The van der Waals surface area contributed by atoms with Gasteiger partial charge in [-0.15, -0.1) is 0 Å². The highest BCUT2D eigenvalue weighted by atomic mass is 32.2. The molecule has 0 N–H and O–H groups in total. The highest BCUT2D eigenvalue weighted by Gasteiger charge is 2.18. The average Bonchev–Trinajstić information content (AvgIpc) is 2.91. The molecule has 5 heteroatoms. The molecule has 0 aliphatic carbocycles. The lowest BCUT2D eigenvalue weighted by Gasteiger charge is -2.26. The van der Waals surface area contributed by atoms with Crippen LogP contribution in [0.1, 0.15) is 17.1 Å². The molecule has 0 unspecified atom stereocenters. The minimum Gasteiger partial charge on any atom is -0.351 e. The second-order valence-electron chi connectivity index (χ2n) is 4.79. The molecule has 2 aromatic heterocycles. The highest BCUT2D eigenvalue weighted by Crippen LogP contribution is 2.30. The summed E-state index contributed by atoms with van der Waals surface area (Å²) in [6.45, 7) is 7.34. The van der Waals surface area contributed by atoms with Crippen molar-refractivity contribution in [2.75, 3.05) is 6.54 Å². The number of aromatic nitrogens is 3.